The molecule has 1 aliphatic carbocycles. The molecule has 0 aliphatic heterocycles. The van der Waals surface area contributed by atoms with Crippen molar-refractivity contribution in [2.24, 2.45) is 0 Å². The van der Waals surface area contributed by atoms with E-state index in [4.69, 9.17) is 11.6 Å². The van der Waals surface area contributed by atoms with Gasteiger partial charge < -0.3 is 10.4 Å². The minimum absolute atomic E-state index is 0.0132. The monoisotopic (exact) mass is 501 g/mol. The number of hydrogen-bond donors (Lipinski definition) is 3. The lowest BCUT2D eigenvalue weighted by atomic mass is 9.93. The first-order valence-corrected chi connectivity index (χ1v) is 13.2. The van der Waals surface area contributed by atoms with E-state index in [0.717, 1.165) is 55.3 Å². The molecular formula is C24H28ClN5O3S. The van der Waals surface area contributed by atoms with Gasteiger partial charge in [0.05, 0.1) is 11.1 Å². The molecule has 1 aliphatic rings. The SMILES string of the molecule is Cc1nc(NS(=O)(=O)c2ccccc2Cl)ccc1CCc1cnc(N[C@H]2CC[C@H](O)CC2)nc1. The Kier molecular flexibility index (Phi) is 7.65. The first-order valence-electron chi connectivity index (χ1n) is 11.3. The topological polar surface area (TPSA) is 117 Å². The van der Waals surface area contributed by atoms with Crippen molar-refractivity contribution < 1.29 is 13.5 Å². The fourth-order valence-electron chi connectivity index (χ4n) is 4.01. The summed E-state index contributed by atoms with van der Waals surface area (Å²) >= 11 is 6.03. The van der Waals surface area contributed by atoms with Crippen LogP contribution in [0.5, 0.6) is 0 Å². The van der Waals surface area contributed by atoms with E-state index in [1.54, 1.807) is 18.2 Å². The van der Waals surface area contributed by atoms with Gasteiger partial charge >= 0.3 is 0 Å². The maximum Gasteiger partial charge on any atom is 0.264 e. The van der Waals surface area contributed by atoms with E-state index in [1.807, 2.05) is 25.4 Å². The minimum Gasteiger partial charge on any atom is -0.393 e. The average molecular weight is 502 g/mol. The van der Waals surface area contributed by atoms with Crippen molar-refractivity contribution >= 4 is 33.4 Å². The van der Waals surface area contributed by atoms with Crippen molar-refractivity contribution in [2.45, 2.75) is 62.5 Å². The number of nitrogens with zero attached hydrogens (tertiary/aromatic N) is 3. The number of pyridine rings is 1. The Morgan fingerprint density at radius 2 is 1.74 bits per heavy atom. The van der Waals surface area contributed by atoms with Crippen molar-refractivity contribution in [3.8, 4) is 0 Å². The second-order valence-electron chi connectivity index (χ2n) is 8.54. The maximum atomic E-state index is 12.6. The molecule has 4 rings (SSSR count). The molecule has 34 heavy (non-hydrogen) atoms. The Labute approximate surface area is 204 Å². The van der Waals surface area contributed by atoms with Crippen LogP contribution in [-0.4, -0.2) is 40.6 Å². The van der Waals surface area contributed by atoms with E-state index >= 15 is 0 Å². The van der Waals surface area contributed by atoms with Gasteiger partial charge in [-0.1, -0.05) is 29.8 Å². The molecule has 1 aromatic carbocycles. The maximum absolute atomic E-state index is 12.6. The van der Waals surface area contributed by atoms with Gasteiger partial charge in [-0.2, -0.15) is 0 Å². The standard InChI is InChI=1S/C24H28ClN5O3S/c1-16-18(8-13-23(28-16)30-34(32,33)22-5-3-2-4-21(22)25)7-6-17-14-26-24(27-15-17)29-19-9-11-20(31)12-10-19/h2-5,8,13-15,19-20,31H,6-7,9-12H2,1H3,(H,28,30)(H,26,27,29)/t19-,20-. The second kappa shape index (κ2) is 10.7. The molecule has 2 heterocycles. The third-order valence-electron chi connectivity index (χ3n) is 5.98. The van der Waals surface area contributed by atoms with Crippen LogP contribution in [0, 0.1) is 6.92 Å². The molecule has 0 amide bonds. The summed E-state index contributed by atoms with van der Waals surface area (Å²) in [7, 11) is -3.83. The van der Waals surface area contributed by atoms with E-state index in [1.165, 1.54) is 12.1 Å². The van der Waals surface area contributed by atoms with Crippen LogP contribution in [0.4, 0.5) is 11.8 Å². The Morgan fingerprint density at radius 3 is 2.41 bits per heavy atom. The number of halogens is 1. The first kappa shape index (κ1) is 24.4. The Balaban J connectivity index is 1.33. The fourth-order valence-corrected chi connectivity index (χ4v) is 5.53. The molecule has 0 bridgehead atoms. The molecule has 0 atom stereocenters. The highest BCUT2D eigenvalue weighted by Crippen LogP contribution is 2.24. The van der Waals surface area contributed by atoms with Crippen molar-refractivity contribution in [3.05, 3.63) is 70.6 Å². The summed E-state index contributed by atoms with van der Waals surface area (Å²) in [5.74, 6) is 0.855. The van der Waals surface area contributed by atoms with Crippen LogP contribution >= 0.6 is 11.6 Å². The van der Waals surface area contributed by atoms with Crippen molar-refractivity contribution in [3.63, 3.8) is 0 Å². The first-order chi connectivity index (χ1) is 16.3. The van der Waals surface area contributed by atoms with Gasteiger partial charge in [0, 0.05) is 24.1 Å². The van der Waals surface area contributed by atoms with Gasteiger partial charge in [0.1, 0.15) is 10.7 Å². The van der Waals surface area contributed by atoms with Crippen LogP contribution < -0.4 is 10.0 Å². The molecule has 0 radical (unpaired) electrons. The smallest absolute Gasteiger partial charge is 0.264 e. The number of rotatable bonds is 8. The number of anilines is 2. The highest BCUT2D eigenvalue weighted by Gasteiger charge is 2.20. The zero-order chi connectivity index (χ0) is 24.1. The summed E-state index contributed by atoms with van der Waals surface area (Å²) in [6.07, 6.45) is 8.38. The number of hydrogen-bond acceptors (Lipinski definition) is 7. The zero-order valence-corrected chi connectivity index (χ0v) is 20.5. The Hall–Kier alpha value is -2.75. The van der Waals surface area contributed by atoms with Crippen molar-refractivity contribution in [1.82, 2.24) is 15.0 Å². The van der Waals surface area contributed by atoms with Crippen LogP contribution in [0.15, 0.2) is 53.7 Å². The summed E-state index contributed by atoms with van der Waals surface area (Å²) in [5.41, 5.74) is 2.77. The zero-order valence-electron chi connectivity index (χ0n) is 18.9. The molecule has 10 heteroatoms. The number of aliphatic hydroxyl groups excluding tert-OH is 1. The predicted octanol–water partition coefficient (Wildman–Crippen LogP) is 4.13. The van der Waals surface area contributed by atoms with Gasteiger partial charge in [-0.05, 0) is 74.8 Å². The summed E-state index contributed by atoms with van der Waals surface area (Å²) in [6, 6.07) is 10.1. The molecule has 3 N–H and O–H groups in total. The van der Waals surface area contributed by atoms with Gasteiger partial charge in [-0.3, -0.25) is 4.72 Å². The highest BCUT2D eigenvalue weighted by molar-refractivity contribution is 7.92. The lowest BCUT2D eigenvalue weighted by Crippen LogP contribution is -2.28. The van der Waals surface area contributed by atoms with Crippen LogP contribution in [0.1, 0.15) is 42.5 Å². The molecule has 1 fully saturated rings. The highest BCUT2D eigenvalue weighted by atomic mass is 35.5. The number of benzene rings is 1. The van der Waals surface area contributed by atoms with E-state index in [0.29, 0.717) is 12.0 Å². The predicted molar refractivity (Wildman–Crippen MR) is 133 cm³/mol. The molecule has 0 spiro atoms. The van der Waals surface area contributed by atoms with Gasteiger partial charge in [-0.15, -0.1) is 0 Å². The summed E-state index contributed by atoms with van der Waals surface area (Å²) in [5, 5.41) is 13.1. The number of aryl methyl sites for hydroxylation is 3. The Bertz CT molecular complexity index is 1230. The molecule has 180 valence electrons. The van der Waals surface area contributed by atoms with Gasteiger partial charge in [-0.25, -0.2) is 23.4 Å². The van der Waals surface area contributed by atoms with Crippen LogP contribution in [0.25, 0.3) is 0 Å². The van der Waals surface area contributed by atoms with Gasteiger partial charge in [0.2, 0.25) is 5.95 Å². The van der Waals surface area contributed by atoms with E-state index in [9.17, 15) is 13.5 Å². The normalized spacial score (nSPS) is 18.4. The summed E-state index contributed by atoms with van der Waals surface area (Å²) in [6.45, 7) is 1.85. The van der Waals surface area contributed by atoms with Crippen LogP contribution in [0.2, 0.25) is 5.02 Å². The molecule has 8 nitrogen and oxygen atoms in total. The lowest BCUT2D eigenvalue weighted by Gasteiger charge is -2.26. The van der Waals surface area contributed by atoms with Crippen LogP contribution in [-0.2, 0) is 22.9 Å². The summed E-state index contributed by atoms with van der Waals surface area (Å²) < 4.78 is 27.8. The molecule has 2 aromatic heterocycles. The fraction of sp³-hybridized carbons (Fsp3) is 0.375. The minimum atomic E-state index is -3.83. The van der Waals surface area contributed by atoms with E-state index < -0.39 is 10.0 Å². The molecule has 0 unspecified atom stereocenters. The van der Waals surface area contributed by atoms with Crippen LogP contribution in [0.3, 0.4) is 0 Å². The molecule has 3 aromatic rings. The number of aromatic nitrogens is 3. The Morgan fingerprint density at radius 1 is 1.03 bits per heavy atom. The summed E-state index contributed by atoms with van der Waals surface area (Å²) in [4.78, 5) is 13.3. The average Bonchev–Trinajstić information content (AvgIpc) is 2.81. The van der Waals surface area contributed by atoms with Gasteiger partial charge in [0.15, 0.2) is 0 Å². The number of sulfonamides is 1. The van der Waals surface area contributed by atoms with Crippen molar-refractivity contribution in [1.29, 1.82) is 0 Å². The van der Waals surface area contributed by atoms with E-state index in [2.05, 4.69) is 25.0 Å². The largest absolute Gasteiger partial charge is 0.393 e. The lowest BCUT2D eigenvalue weighted by molar-refractivity contribution is 0.126. The second-order valence-corrected chi connectivity index (χ2v) is 10.6. The van der Waals surface area contributed by atoms with E-state index in [-0.39, 0.29) is 21.8 Å². The van der Waals surface area contributed by atoms with Gasteiger partial charge in [0.25, 0.3) is 10.0 Å². The third kappa shape index (κ3) is 6.22. The number of aliphatic hydroxyl groups is 1. The third-order valence-corrected chi connectivity index (χ3v) is 7.83. The molecule has 1 saturated carbocycles. The quantitative estimate of drug-likeness (QED) is 0.424. The molecular weight excluding hydrogens is 474 g/mol. The number of nitrogens with one attached hydrogen (secondary N) is 2. The molecule has 0 saturated heterocycles. The van der Waals surface area contributed by atoms with Crippen molar-refractivity contribution in [2.75, 3.05) is 10.0 Å².